The van der Waals surface area contributed by atoms with Crippen molar-refractivity contribution in [1.29, 1.82) is 0 Å². The van der Waals surface area contributed by atoms with Crippen molar-refractivity contribution >= 4 is 22.1 Å². The summed E-state index contributed by atoms with van der Waals surface area (Å²) in [6, 6.07) is 13.9. The van der Waals surface area contributed by atoms with E-state index in [0.29, 0.717) is 16.8 Å². The first-order valence-electron chi connectivity index (χ1n) is 11.7. The van der Waals surface area contributed by atoms with Crippen molar-refractivity contribution in [2.45, 2.75) is 66.0 Å². The predicted octanol–water partition coefficient (Wildman–Crippen LogP) is 8.10. The summed E-state index contributed by atoms with van der Waals surface area (Å²) in [6.45, 7) is 9.36. The van der Waals surface area contributed by atoms with E-state index < -0.39 is 6.17 Å². The van der Waals surface area contributed by atoms with Crippen LogP contribution in [-0.2, 0) is 5.41 Å². The fourth-order valence-corrected chi connectivity index (χ4v) is 7.64. The van der Waals surface area contributed by atoms with Crippen LogP contribution in [0.25, 0.3) is 21.9 Å². The number of halogens is 2. The number of phenols is 1. The Morgan fingerprint density at radius 1 is 0.882 bits per heavy atom. The van der Waals surface area contributed by atoms with E-state index in [1.165, 1.54) is 12.6 Å². The van der Waals surface area contributed by atoms with Crippen LogP contribution in [0.1, 0.15) is 65.5 Å². The fraction of sp³-hybridized carbons (Fsp3) is 0.448. The Bertz CT molecular complexity index is 1330. The monoisotopic (exact) mass is 464 g/mol. The second-order valence-corrected chi connectivity index (χ2v) is 11.9. The van der Waals surface area contributed by atoms with E-state index in [1.54, 1.807) is 6.07 Å². The number of phenolic OH excluding ortho intramolecular Hbond substituents is 1. The summed E-state index contributed by atoms with van der Waals surface area (Å²) in [4.78, 5) is 0.974. The predicted molar refractivity (Wildman–Crippen MR) is 137 cm³/mol. The summed E-state index contributed by atoms with van der Waals surface area (Å²) >= 11 is 0. The van der Waals surface area contributed by atoms with Crippen LogP contribution in [0.4, 0.5) is 20.2 Å². The molecule has 0 radical (unpaired) electrons. The average molecular weight is 465 g/mol. The van der Waals surface area contributed by atoms with Gasteiger partial charge in [-0.2, -0.15) is 8.78 Å². The van der Waals surface area contributed by atoms with Crippen molar-refractivity contribution in [2.75, 3.05) is 17.3 Å². The van der Waals surface area contributed by atoms with Crippen LogP contribution < -0.4 is 10.2 Å². The molecule has 34 heavy (non-hydrogen) atoms. The van der Waals surface area contributed by atoms with Crippen LogP contribution in [0.3, 0.4) is 0 Å². The molecule has 3 aliphatic rings. The van der Waals surface area contributed by atoms with Gasteiger partial charge in [0.25, 0.3) is 0 Å². The van der Waals surface area contributed by atoms with Crippen LogP contribution in [0.15, 0.2) is 42.5 Å². The van der Waals surface area contributed by atoms with Crippen molar-refractivity contribution < 1.29 is 13.9 Å². The smallest absolute Gasteiger partial charge is 0.411 e. The van der Waals surface area contributed by atoms with Crippen molar-refractivity contribution in [1.82, 2.24) is 0 Å². The number of hydrogen-bond donors (Lipinski definition) is 2. The van der Waals surface area contributed by atoms with Gasteiger partial charge < -0.3 is 10.4 Å². The molecule has 1 heterocycles. The van der Waals surface area contributed by atoms with Crippen molar-refractivity contribution in [3.8, 4) is 16.9 Å². The third-order valence-corrected chi connectivity index (χ3v) is 8.04. The molecule has 2 aliphatic carbocycles. The van der Waals surface area contributed by atoms with Gasteiger partial charge in [0.1, 0.15) is 5.75 Å². The highest BCUT2D eigenvalue weighted by molar-refractivity contribution is 6.09. The first kappa shape index (κ1) is 22.9. The van der Waals surface area contributed by atoms with E-state index >= 15 is 0 Å². The third-order valence-electron chi connectivity index (χ3n) is 8.04. The minimum Gasteiger partial charge on any atom is -0.507 e. The van der Waals surface area contributed by atoms with E-state index in [1.807, 2.05) is 12.1 Å². The lowest BCUT2D eigenvalue weighted by molar-refractivity contribution is 0.0407. The molecule has 0 saturated heterocycles. The maximum absolute atomic E-state index is 14.4. The number of anilines is 2. The van der Waals surface area contributed by atoms with Crippen molar-refractivity contribution in [3.05, 3.63) is 53.6 Å². The maximum atomic E-state index is 14.4. The Morgan fingerprint density at radius 2 is 1.53 bits per heavy atom. The van der Waals surface area contributed by atoms with Gasteiger partial charge in [0.15, 0.2) is 0 Å². The highest BCUT2D eigenvalue weighted by Crippen LogP contribution is 2.65. The first-order chi connectivity index (χ1) is 15.3. The van der Waals surface area contributed by atoms with Gasteiger partial charge in [0, 0.05) is 17.8 Å². The Kier molecular flexibility index (Phi) is 4.49. The lowest BCUT2D eigenvalue weighted by Gasteiger charge is -2.51. The fourth-order valence-electron chi connectivity index (χ4n) is 7.64. The van der Waals surface area contributed by atoms with Gasteiger partial charge in [-0.05, 0) is 75.9 Å². The summed E-state index contributed by atoms with van der Waals surface area (Å²) < 4.78 is 28.8. The molecule has 1 aliphatic heterocycles. The van der Waals surface area contributed by atoms with Gasteiger partial charge >= 0.3 is 6.17 Å². The van der Waals surface area contributed by atoms with Crippen LogP contribution >= 0.6 is 0 Å². The Morgan fingerprint density at radius 3 is 2.21 bits per heavy atom. The summed E-state index contributed by atoms with van der Waals surface area (Å²) in [5.74, 6) is 0.152. The number of alkyl halides is 2. The minimum absolute atomic E-state index is 0. The largest absolute Gasteiger partial charge is 0.507 e. The molecule has 3 aromatic carbocycles. The quantitative estimate of drug-likeness (QED) is 0.330. The van der Waals surface area contributed by atoms with Gasteiger partial charge in [-0.1, -0.05) is 59.4 Å². The molecule has 3 aromatic rings. The zero-order valence-corrected chi connectivity index (χ0v) is 19.8. The SMILES string of the molecule is C.CN1c2cc3c4c(cc(O)c3cc2NC1(F)F)C1(CC(C)(C)CC(C)(C)C1)c1ccccc1-4. The maximum Gasteiger partial charge on any atom is 0.411 e. The summed E-state index contributed by atoms with van der Waals surface area (Å²) in [6.07, 6.45) is -0.0430. The van der Waals surface area contributed by atoms with Crippen molar-refractivity contribution in [3.63, 3.8) is 0 Å². The highest BCUT2D eigenvalue weighted by Gasteiger charge is 2.54. The van der Waals surface area contributed by atoms with Crippen LogP contribution in [0, 0.1) is 10.8 Å². The molecule has 0 atom stereocenters. The van der Waals surface area contributed by atoms with E-state index in [4.69, 9.17) is 0 Å². The lowest BCUT2D eigenvalue weighted by Crippen LogP contribution is -2.43. The second kappa shape index (κ2) is 6.65. The number of benzene rings is 3. The summed E-state index contributed by atoms with van der Waals surface area (Å²) in [5.41, 5.74) is 5.51. The highest BCUT2D eigenvalue weighted by atomic mass is 19.3. The number of aromatic hydroxyl groups is 1. The number of nitrogens with one attached hydrogen (secondary N) is 1. The molecule has 0 bridgehead atoms. The molecule has 0 unspecified atom stereocenters. The topological polar surface area (TPSA) is 35.5 Å². The van der Waals surface area contributed by atoms with Gasteiger partial charge in [0.2, 0.25) is 0 Å². The van der Waals surface area contributed by atoms with Gasteiger partial charge in [-0.15, -0.1) is 0 Å². The molecule has 0 amide bonds. The van der Waals surface area contributed by atoms with Gasteiger partial charge in [-0.3, -0.25) is 4.90 Å². The molecule has 1 saturated carbocycles. The van der Waals surface area contributed by atoms with Gasteiger partial charge in [-0.25, -0.2) is 0 Å². The molecule has 6 rings (SSSR count). The van der Waals surface area contributed by atoms with Crippen LogP contribution in [-0.4, -0.2) is 18.3 Å². The zero-order valence-electron chi connectivity index (χ0n) is 19.8. The molecule has 180 valence electrons. The molecule has 1 spiro atoms. The van der Waals surface area contributed by atoms with Gasteiger partial charge in [0.05, 0.1) is 11.4 Å². The summed E-state index contributed by atoms with van der Waals surface area (Å²) in [5, 5.41) is 14.9. The number of hydrogen-bond acceptors (Lipinski definition) is 3. The van der Waals surface area contributed by atoms with E-state index in [-0.39, 0.29) is 29.4 Å². The zero-order chi connectivity index (χ0) is 23.6. The average Bonchev–Trinajstić information content (AvgIpc) is 3.07. The summed E-state index contributed by atoms with van der Waals surface area (Å²) in [7, 11) is 1.40. The molecule has 1 fully saturated rings. The van der Waals surface area contributed by atoms with E-state index in [0.717, 1.165) is 46.2 Å². The molecular formula is C29H34F2N2O. The van der Waals surface area contributed by atoms with Crippen molar-refractivity contribution in [2.24, 2.45) is 10.8 Å². The number of fused-ring (bicyclic) bond motifs is 8. The normalized spacial score (nSPS) is 22.0. The lowest BCUT2D eigenvalue weighted by atomic mass is 9.52. The molecule has 0 aromatic heterocycles. The van der Waals surface area contributed by atoms with E-state index in [2.05, 4.69) is 57.3 Å². The Hall–Kier alpha value is -2.82. The number of nitrogens with zero attached hydrogens (tertiary/aromatic N) is 1. The Labute approximate surface area is 200 Å². The number of rotatable bonds is 0. The minimum atomic E-state index is -3.16. The molecule has 3 nitrogen and oxygen atoms in total. The second-order valence-electron chi connectivity index (χ2n) is 11.9. The molecule has 5 heteroatoms. The third kappa shape index (κ3) is 2.91. The standard InChI is InChI=1S/C28H30F2N2O.CH4/c1-25(2)13-26(3,4)15-27(14-25)19-9-7-6-8-16(19)24-18-11-22-21(31-28(29,30)32(22)5)10-17(18)23(33)12-20(24)27;/h6-12,31,33H,13-15H2,1-5H3;1H4. The van der Waals surface area contributed by atoms with Crippen LogP contribution in [0.2, 0.25) is 0 Å². The Balaban J connectivity index is 0.00000241. The van der Waals surface area contributed by atoms with Crippen LogP contribution in [0.5, 0.6) is 5.75 Å². The molecular weight excluding hydrogens is 430 g/mol. The first-order valence-corrected chi connectivity index (χ1v) is 11.7. The molecule has 2 N–H and O–H groups in total. The van der Waals surface area contributed by atoms with E-state index in [9.17, 15) is 13.9 Å².